The first-order valence-electron chi connectivity index (χ1n) is 5.31. The molecule has 0 N–H and O–H groups in total. The Hall–Kier alpha value is -2.00. The van der Waals surface area contributed by atoms with Crippen LogP contribution in [0.2, 0.25) is 5.02 Å². The molecule has 92 valence electrons. The minimum atomic E-state index is -0.417. The van der Waals surface area contributed by atoms with Crippen molar-refractivity contribution >= 4 is 17.6 Å². The molecule has 2 aromatic rings. The zero-order valence-corrected chi connectivity index (χ0v) is 10.5. The van der Waals surface area contributed by atoms with Crippen LogP contribution < -0.4 is 9.47 Å². The zero-order valence-electron chi connectivity index (χ0n) is 9.72. The van der Waals surface area contributed by atoms with Gasteiger partial charge in [0.25, 0.3) is 0 Å². The van der Waals surface area contributed by atoms with Crippen molar-refractivity contribution in [1.82, 2.24) is 0 Å². The van der Waals surface area contributed by atoms with Crippen LogP contribution in [0.1, 0.15) is 10.4 Å². The molecule has 2 aromatic carbocycles. The van der Waals surface area contributed by atoms with Crippen LogP contribution in [-0.2, 0) is 0 Å². The molecule has 2 rings (SSSR count). The maximum Gasteiger partial charge on any atom is 0.343 e. The Bertz CT molecular complexity index is 552. The highest BCUT2D eigenvalue weighted by Gasteiger charge is 2.09. The molecular weight excluding hydrogens is 252 g/mol. The number of esters is 1. The van der Waals surface area contributed by atoms with Crippen LogP contribution in [-0.4, -0.2) is 13.1 Å². The van der Waals surface area contributed by atoms with E-state index in [1.54, 1.807) is 42.5 Å². The lowest BCUT2D eigenvalue weighted by atomic mass is 10.2. The van der Waals surface area contributed by atoms with Crippen molar-refractivity contribution < 1.29 is 14.3 Å². The molecule has 0 aliphatic carbocycles. The number of ether oxygens (including phenoxy) is 2. The molecule has 0 spiro atoms. The van der Waals surface area contributed by atoms with E-state index in [4.69, 9.17) is 21.1 Å². The number of hydrogen-bond donors (Lipinski definition) is 0. The second kappa shape index (κ2) is 5.56. The van der Waals surface area contributed by atoms with E-state index in [0.717, 1.165) is 0 Å². The van der Waals surface area contributed by atoms with E-state index in [9.17, 15) is 4.79 Å². The Kier molecular flexibility index (Phi) is 3.85. The van der Waals surface area contributed by atoms with Crippen molar-refractivity contribution in [2.45, 2.75) is 0 Å². The lowest BCUT2D eigenvalue weighted by Gasteiger charge is -2.07. The average molecular weight is 263 g/mol. The standard InChI is InChI=1S/C14H11ClO3/c1-17-13-9-11(7-8-12(13)15)18-14(16)10-5-3-2-4-6-10/h2-9H,1H3. The molecule has 0 amide bonds. The van der Waals surface area contributed by atoms with E-state index in [2.05, 4.69) is 0 Å². The van der Waals surface area contributed by atoms with Crippen LogP contribution in [0, 0.1) is 0 Å². The highest BCUT2D eigenvalue weighted by atomic mass is 35.5. The van der Waals surface area contributed by atoms with Gasteiger partial charge in [0.2, 0.25) is 0 Å². The fourth-order valence-electron chi connectivity index (χ4n) is 1.44. The largest absolute Gasteiger partial charge is 0.495 e. The fraction of sp³-hybridized carbons (Fsp3) is 0.0714. The molecule has 0 heterocycles. The molecular formula is C14H11ClO3. The summed E-state index contributed by atoms with van der Waals surface area (Å²) < 4.78 is 10.3. The van der Waals surface area contributed by atoms with E-state index < -0.39 is 5.97 Å². The molecule has 0 saturated carbocycles. The Labute approximate surface area is 110 Å². The van der Waals surface area contributed by atoms with Crippen molar-refractivity contribution in [3.05, 3.63) is 59.1 Å². The average Bonchev–Trinajstić information content (AvgIpc) is 2.42. The molecule has 0 bridgehead atoms. The minimum absolute atomic E-state index is 0.394. The van der Waals surface area contributed by atoms with Crippen LogP contribution in [0.25, 0.3) is 0 Å². The molecule has 0 radical (unpaired) electrons. The Balaban J connectivity index is 2.17. The molecule has 0 fully saturated rings. The van der Waals surface area contributed by atoms with Gasteiger partial charge in [-0.1, -0.05) is 29.8 Å². The van der Waals surface area contributed by atoms with Gasteiger partial charge in [0.15, 0.2) is 0 Å². The van der Waals surface area contributed by atoms with Gasteiger partial charge < -0.3 is 9.47 Å². The monoisotopic (exact) mass is 262 g/mol. The fourth-order valence-corrected chi connectivity index (χ4v) is 1.64. The van der Waals surface area contributed by atoms with Crippen molar-refractivity contribution in [2.75, 3.05) is 7.11 Å². The summed E-state index contributed by atoms with van der Waals surface area (Å²) in [6.07, 6.45) is 0. The molecule has 4 heteroatoms. The predicted molar refractivity (Wildman–Crippen MR) is 69.4 cm³/mol. The summed E-state index contributed by atoms with van der Waals surface area (Å²) in [5.74, 6) is 0.445. The Morgan fingerprint density at radius 1 is 1.11 bits per heavy atom. The molecule has 18 heavy (non-hydrogen) atoms. The number of carbonyl (C=O) groups is 1. The van der Waals surface area contributed by atoms with Gasteiger partial charge in [-0.05, 0) is 24.3 Å². The maximum absolute atomic E-state index is 11.8. The number of methoxy groups -OCH3 is 1. The quantitative estimate of drug-likeness (QED) is 0.627. The van der Waals surface area contributed by atoms with E-state index in [0.29, 0.717) is 22.1 Å². The van der Waals surface area contributed by atoms with Gasteiger partial charge in [0, 0.05) is 6.07 Å². The predicted octanol–water partition coefficient (Wildman–Crippen LogP) is 3.57. The van der Waals surface area contributed by atoms with Crippen molar-refractivity contribution in [3.63, 3.8) is 0 Å². The number of hydrogen-bond acceptors (Lipinski definition) is 3. The van der Waals surface area contributed by atoms with Crippen molar-refractivity contribution in [1.29, 1.82) is 0 Å². The number of halogens is 1. The second-order valence-corrected chi connectivity index (χ2v) is 3.96. The highest BCUT2D eigenvalue weighted by Crippen LogP contribution is 2.28. The second-order valence-electron chi connectivity index (χ2n) is 3.55. The van der Waals surface area contributed by atoms with Crippen LogP contribution >= 0.6 is 11.6 Å². The van der Waals surface area contributed by atoms with Gasteiger partial charge in [-0.25, -0.2) is 4.79 Å². The Morgan fingerprint density at radius 3 is 2.50 bits per heavy atom. The van der Waals surface area contributed by atoms with Crippen LogP contribution in [0.15, 0.2) is 48.5 Å². The van der Waals surface area contributed by atoms with Crippen LogP contribution in [0.4, 0.5) is 0 Å². The smallest absolute Gasteiger partial charge is 0.343 e. The summed E-state index contributed by atoms with van der Waals surface area (Å²) in [5.41, 5.74) is 0.492. The van der Waals surface area contributed by atoms with Crippen molar-refractivity contribution in [2.24, 2.45) is 0 Å². The SMILES string of the molecule is COc1cc(OC(=O)c2ccccc2)ccc1Cl. The van der Waals surface area contributed by atoms with Crippen molar-refractivity contribution in [3.8, 4) is 11.5 Å². The molecule has 3 nitrogen and oxygen atoms in total. The first-order chi connectivity index (χ1) is 8.70. The summed E-state index contributed by atoms with van der Waals surface area (Å²) in [5, 5.41) is 0.469. The van der Waals surface area contributed by atoms with Gasteiger partial charge in [0.05, 0.1) is 17.7 Å². The highest BCUT2D eigenvalue weighted by molar-refractivity contribution is 6.32. The van der Waals surface area contributed by atoms with Crippen LogP contribution in [0.5, 0.6) is 11.5 Å². The van der Waals surface area contributed by atoms with E-state index in [-0.39, 0.29) is 0 Å². The molecule has 0 atom stereocenters. The first kappa shape index (κ1) is 12.5. The topological polar surface area (TPSA) is 35.5 Å². The molecule has 0 unspecified atom stereocenters. The summed E-state index contributed by atoms with van der Waals surface area (Å²) in [7, 11) is 1.50. The lowest BCUT2D eigenvalue weighted by Crippen LogP contribution is -2.08. The minimum Gasteiger partial charge on any atom is -0.495 e. The summed E-state index contributed by atoms with van der Waals surface area (Å²) in [6, 6.07) is 13.6. The van der Waals surface area contributed by atoms with Crippen LogP contribution in [0.3, 0.4) is 0 Å². The molecule has 0 saturated heterocycles. The maximum atomic E-state index is 11.8. The summed E-state index contributed by atoms with van der Waals surface area (Å²) in [4.78, 5) is 11.8. The number of benzene rings is 2. The third-order valence-corrected chi connectivity index (χ3v) is 2.65. The van der Waals surface area contributed by atoms with E-state index >= 15 is 0 Å². The first-order valence-corrected chi connectivity index (χ1v) is 5.69. The zero-order chi connectivity index (χ0) is 13.0. The number of carbonyl (C=O) groups excluding carboxylic acids is 1. The van der Waals surface area contributed by atoms with Gasteiger partial charge in [-0.2, -0.15) is 0 Å². The van der Waals surface area contributed by atoms with Gasteiger partial charge in [0.1, 0.15) is 11.5 Å². The third kappa shape index (κ3) is 2.81. The Morgan fingerprint density at radius 2 is 1.83 bits per heavy atom. The normalized spacial score (nSPS) is 9.89. The molecule has 0 aliphatic heterocycles. The summed E-state index contributed by atoms with van der Waals surface area (Å²) >= 11 is 5.88. The molecule has 0 aromatic heterocycles. The van der Waals surface area contributed by atoms with E-state index in [1.807, 2.05) is 6.07 Å². The lowest BCUT2D eigenvalue weighted by molar-refractivity contribution is 0.0734. The summed E-state index contributed by atoms with van der Waals surface area (Å²) in [6.45, 7) is 0. The number of rotatable bonds is 3. The van der Waals surface area contributed by atoms with Gasteiger partial charge >= 0.3 is 5.97 Å². The van der Waals surface area contributed by atoms with E-state index in [1.165, 1.54) is 7.11 Å². The molecule has 0 aliphatic rings. The third-order valence-electron chi connectivity index (χ3n) is 2.34. The van der Waals surface area contributed by atoms with Gasteiger partial charge in [-0.3, -0.25) is 0 Å². The van der Waals surface area contributed by atoms with Gasteiger partial charge in [-0.15, -0.1) is 0 Å².